The van der Waals surface area contributed by atoms with Crippen LogP contribution in [0.15, 0.2) is 23.2 Å². The lowest BCUT2D eigenvalue weighted by Gasteiger charge is -2.25. The first kappa shape index (κ1) is 15.3. The van der Waals surface area contributed by atoms with E-state index < -0.39 is 0 Å². The van der Waals surface area contributed by atoms with Gasteiger partial charge in [-0.2, -0.15) is 0 Å². The highest BCUT2D eigenvalue weighted by Crippen LogP contribution is 2.23. The lowest BCUT2D eigenvalue weighted by Crippen LogP contribution is -2.30. The van der Waals surface area contributed by atoms with Crippen LogP contribution in [0.5, 0.6) is 0 Å². The largest absolute Gasteiger partial charge is 0.357 e. The molecule has 0 amide bonds. The molecule has 22 heavy (non-hydrogen) atoms. The fourth-order valence-corrected chi connectivity index (χ4v) is 3.32. The summed E-state index contributed by atoms with van der Waals surface area (Å²) in [6, 6.07) is 6.43. The molecule has 1 aromatic heterocycles. The third-order valence-electron chi connectivity index (χ3n) is 4.45. The average Bonchev–Trinajstić information content (AvgIpc) is 2.80. The van der Waals surface area contributed by atoms with E-state index in [-0.39, 0.29) is 0 Å². The van der Waals surface area contributed by atoms with Gasteiger partial charge in [0.15, 0.2) is 0 Å². The molecule has 120 valence electrons. The summed E-state index contributed by atoms with van der Waals surface area (Å²) in [6.45, 7) is 8.66. The number of amidine groups is 1. The predicted molar refractivity (Wildman–Crippen MR) is 94.0 cm³/mol. The Labute approximate surface area is 134 Å². The van der Waals surface area contributed by atoms with E-state index in [1.807, 2.05) is 0 Å². The van der Waals surface area contributed by atoms with Gasteiger partial charge in [-0.15, -0.1) is 0 Å². The van der Waals surface area contributed by atoms with Crippen LogP contribution in [0.1, 0.15) is 46.0 Å². The first-order valence-corrected chi connectivity index (χ1v) is 8.77. The summed E-state index contributed by atoms with van der Waals surface area (Å²) in [5.74, 6) is 4.04. The molecule has 0 aliphatic carbocycles. The van der Waals surface area contributed by atoms with Gasteiger partial charge in [0.25, 0.3) is 0 Å². The highest BCUT2D eigenvalue weighted by Gasteiger charge is 2.21. The lowest BCUT2D eigenvalue weighted by atomic mass is 10.1. The van der Waals surface area contributed by atoms with E-state index in [4.69, 9.17) is 4.98 Å². The topological polar surface area (TPSA) is 31.7 Å². The lowest BCUT2D eigenvalue weighted by molar-refractivity contribution is 0.679. The number of anilines is 2. The molecule has 0 aromatic carbocycles. The Hall–Kier alpha value is -1.58. The Morgan fingerprint density at radius 2 is 1.73 bits per heavy atom. The summed E-state index contributed by atoms with van der Waals surface area (Å²) in [7, 11) is 0. The van der Waals surface area contributed by atoms with Crippen molar-refractivity contribution in [2.75, 3.05) is 36.0 Å². The van der Waals surface area contributed by atoms with Crippen molar-refractivity contribution in [3.05, 3.63) is 18.2 Å². The van der Waals surface area contributed by atoms with Crippen molar-refractivity contribution in [1.29, 1.82) is 0 Å². The van der Waals surface area contributed by atoms with Crippen LogP contribution in [0.25, 0.3) is 0 Å². The van der Waals surface area contributed by atoms with Gasteiger partial charge in [0.1, 0.15) is 17.5 Å². The molecule has 0 bridgehead atoms. The summed E-state index contributed by atoms with van der Waals surface area (Å²) >= 11 is 0. The van der Waals surface area contributed by atoms with E-state index in [0.29, 0.717) is 5.92 Å². The summed E-state index contributed by atoms with van der Waals surface area (Å²) in [6.07, 6.45) is 6.32. The van der Waals surface area contributed by atoms with E-state index in [9.17, 15) is 0 Å². The zero-order valence-electron chi connectivity index (χ0n) is 14.0. The first-order valence-electron chi connectivity index (χ1n) is 8.77. The second-order valence-corrected chi connectivity index (χ2v) is 6.80. The fourth-order valence-electron chi connectivity index (χ4n) is 3.32. The number of aromatic nitrogens is 1. The molecule has 0 unspecified atom stereocenters. The second-order valence-electron chi connectivity index (χ2n) is 6.80. The van der Waals surface area contributed by atoms with Gasteiger partial charge in [-0.3, -0.25) is 4.99 Å². The summed E-state index contributed by atoms with van der Waals surface area (Å²) in [5, 5.41) is 0. The third kappa shape index (κ3) is 3.60. The molecule has 1 aromatic rings. The van der Waals surface area contributed by atoms with Gasteiger partial charge < -0.3 is 9.80 Å². The van der Waals surface area contributed by atoms with E-state index in [1.165, 1.54) is 31.5 Å². The summed E-state index contributed by atoms with van der Waals surface area (Å²) in [5.41, 5.74) is 0. The Balaban J connectivity index is 1.77. The van der Waals surface area contributed by atoms with Crippen molar-refractivity contribution in [3.8, 4) is 0 Å². The number of hydrogen-bond donors (Lipinski definition) is 0. The second kappa shape index (κ2) is 7.12. The quantitative estimate of drug-likeness (QED) is 0.849. The molecular weight excluding hydrogens is 272 g/mol. The van der Waals surface area contributed by atoms with Crippen molar-refractivity contribution in [2.24, 2.45) is 10.9 Å². The molecule has 0 spiro atoms. The van der Waals surface area contributed by atoms with Gasteiger partial charge in [0.2, 0.25) is 0 Å². The third-order valence-corrected chi connectivity index (χ3v) is 4.45. The van der Waals surface area contributed by atoms with Crippen molar-refractivity contribution in [3.63, 3.8) is 0 Å². The van der Waals surface area contributed by atoms with Crippen LogP contribution in [-0.2, 0) is 0 Å². The van der Waals surface area contributed by atoms with E-state index in [2.05, 4.69) is 46.8 Å². The van der Waals surface area contributed by atoms with E-state index in [0.717, 1.165) is 44.2 Å². The first-order chi connectivity index (χ1) is 10.7. The molecule has 4 heteroatoms. The Morgan fingerprint density at radius 3 is 2.45 bits per heavy atom. The standard InChI is InChI=1S/C18H28N4/c1-15(2)14-18-19-10-13-22(18)17-9-7-8-16(20-17)21-11-5-3-4-6-12-21/h7-9,15H,3-6,10-14H2,1-2H3. The van der Waals surface area contributed by atoms with Crippen molar-refractivity contribution < 1.29 is 0 Å². The smallest absolute Gasteiger partial charge is 0.136 e. The molecule has 3 heterocycles. The average molecular weight is 300 g/mol. The van der Waals surface area contributed by atoms with Gasteiger partial charge in [-0.05, 0) is 30.9 Å². The van der Waals surface area contributed by atoms with Gasteiger partial charge >= 0.3 is 0 Å². The van der Waals surface area contributed by atoms with Crippen LogP contribution in [0, 0.1) is 5.92 Å². The maximum atomic E-state index is 4.95. The molecule has 0 saturated carbocycles. The number of rotatable bonds is 4. The molecule has 0 N–H and O–H groups in total. The van der Waals surface area contributed by atoms with Crippen molar-refractivity contribution >= 4 is 17.5 Å². The number of hydrogen-bond acceptors (Lipinski definition) is 4. The van der Waals surface area contributed by atoms with Gasteiger partial charge in [0.05, 0.1) is 6.54 Å². The summed E-state index contributed by atoms with van der Waals surface area (Å²) in [4.78, 5) is 14.4. The molecule has 2 aliphatic rings. The normalized spacial score (nSPS) is 19.5. The minimum atomic E-state index is 0.633. The van der Waals surface area contributed by atoms with Crippen LogP contribution < -0.4 is 9.80 Å². The molecule has 4 nitrogen and oxygen atoms in total. The fraction of sp³-hybridized carbons (Fsp3) is 0.667. The highest BCUT2D eigenvalue weighted by atomic mass is 15.3. The minimum Gasteiger partial charge on any atom is -0.357 e. The van der Waals surface area contributed by atoms with E-state index >= 15 is 0 Å². The molecule has 3 rings (SSSR count). The molecule has 0 radical (unpaired) electrons. The minimum absolute atomic E-state index is 0.633. The Kier molecular flexibility index (Phi) is 4.96. The molecule has 2 aliphatic heterocycles. The van der Waals surface area contributed by atoms with Crippen LogP contribution in [0.4, 0.5) is 11.6 Å². The SMILES string of the molecule is CC(C)CC1=NCCN1c1cccc(N2CCCCCC2)n1. The Bertz CT molecular complexity index is 516. The van der Waals surface area contributed by atoms with E-state index in [1.54, 1.807) is 0 Å². The molecular formula is C18H28N4. The van der Waals surface area contributed by atoms with Crippen LogP contribution in [-0.4, -0.2) is 37.0 Å². The highest BCUT2D eigenvalue weighted by molar-refractivity contribution is 5.98. The number of aliphatic imine (C=N–C) groups is 1. The zero-order valence-corrected chi connectivity index (χ0v) is 14.0. The monoisotopic (exact) mass is 300 g/mol. The van der Waals surface area contributed by atoms with Gasteiger partial charge in [0, 0.05) is 26.1 Å². The molecule has 1 saturated heterocycles. The zero-order chi connectivity index (χ0) is 15.4. The van der Waals surface area contributed by atoms with Crippen molar-refractivity contribution in [1.82, 2.24) is 4.98 Å². The summed E-state index contributed by atoms with van der Waals surface area (Å²) < 4.78 is 0. The van der Waals surface area contributed by atoms with Crippen LogP contribution in [0.3, 0.4) is 0 Å². The van der Waals surface area contributed by atoms with Crippen LogP contribution in [0.2, 0.25) is 0 Å². The predicted octanol–water partition coefficient (Wildman–Crippen LogP) is 3.73. The Morgan fingerprint density at radius 1 is 1.00 bits per heavy atom. The number of nitrogens with zero attached hydrogens (tertiary/aromatic N) is 4. The van der Waals surface area contributed by atoms with Crippen molar-refractivity contribution in [2.45, 2.75) is 46.0 Å². The molecule has 0 atom stereocenters. The number of pyridine rings is 1. The maximum Gasteiger partial charge on any atom is 0.136 e. The molecule has 1 fully saturated rings. The van der Waals surface area contributed by atoms with Gasteiger partial charge in [-0.25, -0.2) is 4.98 Å². The maximum absolute atomic E-state index is 4.95. The van der Waals surface area contributed by atoms with Crippen LogP contribution >= 0.6 is 0 Å². The van der Waals surface area contributed by atoms with Gasteiger partial charge in [-0.1, -0.05) is 32.8 Å².